The molecule has 1 aromatic carbocycles. The van der Waals surface area contributed by atoms with Crippen LogP contribution in [-0.2, 0) is 6.54 Å². The second-order valence-electron chi connectivity index (χ2n) is 4.69. The van der Waals surface area contributed by atoms with Gasteiger partial charge in [0.05, 0.1) is 8.66 Å². The molecular formula is C15H11BrFN3O2S. The molecule has 3 rings (SSSR count). The van der Waals surface area contributed by atoms with Crippen LogP contribution in [0, 0.1) is 5.82 Å². The van der Waals surface area contributed by atoms with Gasteiger partial charge in [-0.1, -0.05) is 17.3 Å². The first-order valence-electron chi connectivity index (χ1n) is 6.58. The number of nitrogens with zero attached hydrogens (tertiary/aromatic N) is 1. The Kier molecular flexibility index (Phi) is 4.44. The van der Waals surface area contributed by atoms with Crippen molar-refractivity contribution in [1.82, 2.24) is 10.5 Å². The molecule has 0 aliphatic rings. The van der Waals surface area contributed by atoms with Gasteiger partial charge in [0.1, 0.15) is 17.1 Å². The summed E-state index contributed by atoms with van der Waals surface area (Å²) in [5, 5.41) is 6.55. The zero-order valence-electron chi connectivity index (χ0n) is 11.7. The minimum absolute atomic E-state index is 0.0544. The highest BCUT2D eigenvalue weighted by molar-refractivity contribution is 9.11. The number of amides is 1. The van der Waals surface area contributed by atoms with E-state index in [1.165, 1.54) is 23.5 Å². The molecule has 5 nitrogen and oxygen atoms in total. The molecule has 118 valence electrons. The number of rotatable bonds is 4. The Balaban J connectivity index is 1.81. The summed E-state index contributed by atoms with van der Waals surface area (Å²) in [7, 11) is 0. The maximum atomic E-state index is 13.2. The summed E-state index contributed by atoms with van der Waals surface area (Å²) < 4.78 is 19.0. The molecule has 2 aromatic heterocycles. The molecule has 0 saturated heterocycles. The molecule has 0 unspecified atom stereocenters. The predicted molar refractivity (Wildman–Crippen MR) is 89.5 cm³/mol. The van der Waals surface area contributed by atoms with Gasteiger partial charge >= 0.3 is 0 Å². The number of nitrogens with two attached hydrogens (primary N) is 1. The fourth-order valence-corrected chi connectivity index (χ4v) is 3.42. The molecule has 0 radical (unpaired) electrons. The van der Waals surface area contributed by atoms with Crippen LogP contribution in [0.1, 0.15) is 15.9 Å². The van der Waals surface area contributed by atoms with Crippen molar-refractivity contribution in [1.29, 1.82) is 0 Å². The van der Waals surface area contributed by atoms with E-state index in [0.717, 1.165) is 8.66 Å². The van der Waals surface area contributed by atoms with Crippen molar-refractivity contribution in [3.05, 3.63) is 57.1 Å². The number of thiophene rings is 1. The van der Waals surface area contributed by atoms with Crippen LogP contribution >= 0.6 is 27.3 Å². The van der Waals surface area contributed by atoms with Crippen LogP contribution in [0.15, 0.2) is 44.7 Å². The number of nitrogens with one attached hydrogen (secondary N) is 1. The number of benzene rings is 1. The molecule has 0 spiro atoms. The van der Waals surface area contributed by atoms with E-state index in [1.54, 1.807) is 12.1 Å². The molecule has 0 aliphatic carbocycles. The summed E-state index contributed by atoms with van der Waals surface area (Å²) in [6.07, 6.45) is 0. The third-order valence-corrected chi connectivity index (χ3v) is 4.72. The maximum absolute atomic E-state index is 13.2. The third-order valence-electron chi connectivity index (χ3n) is 3.09. The maximum Gasteiger partial charge on any atom is 0.259 e. The molecule has 1 amide bonds. The first-order chi connectivity index (χ1) is 11.0. The van der Waals surface area contributed by atoms with Crippen molar-refractivity contribution in [2.75, 3.05) is 5.73 Å². The number of carbonyl (C=O) groups is 1. The minimum atomic E-state index is -0.424. The predicted octanol–water partition coefficient (Wildman–Crippen LogP) is 3.82. The number of anilines is 1. The molecule has 8 heteroatoms. The van der Waals surface area contributed by atoms with E-state index in [4.69, 9.17) is 10.3 Å². The average molecular weight is 396 g/mol. The van der Waals surface area contributed by atoms with Crippen molar-refractivity contribution in [2.24, 2.45) is 0 Å². The van der Waals surface area contributed by atoms with E-state index in [-0.39, 0.29) is 23.8 Å². The lowest BCUT2D eigenvalue weighted by Crippen LogP contribution is -2.23. The van der Waals surface area contributed by atoms with Gasteiger partial charge in [0.25, 0.3) is 5.91 Å². The van der Waals surface area contributed by atoms with Crippen LogP contribution < -0.4 is 11.1 Å². The van der Waals surface area contributed by atoms with E-state index in [1.807, 2.05) is 12.1 Å². The zero-order chi connectivity index (χ0) is 16.4. The summed E-state index contributed by atoms with van der Waals surface area (Å²) in [6.45, 7) is 0.175. The van der Waals surface area contributed by atoms with Crippen molar-refractivity contribution in [2.45, 2.75) is 6.54 Å². The third kappa shape index (κ3) is 3.43. The standard InChI is InChI=1S/C15H11BrFN3O2S/c16-11-5-4-10(23-11)13-12(14(18)22-20-13)15(21)19-7-8-2-1-3-9(17)6-8/h1-6H,7,18H2,(H,19,21). The zero-order valence-corrected chi connectivity index (χ0v) is 14.1. The second kappa shape index (κ2) is 6.51. The summed E-state index contributed by atoms with van der Waals surface area (Å²) in [4.78, 5) is 13.2. The average Bonchev–Trinajstić information content (AvgIpc) is 3.11. The highest BCUT2D eigenvalue weighted by Crippen LogP contribution is 2.34. The van der Waals surface area contributed by atoms with Crippen LogP contribution in [-0.4, -0.2) is 11.1 Å². The van der Waals surface area contributed by atoms with Crippen LogP contribution in [0.4, 0.5) is 10.3 Å². The van der Waals surface area contributed by atoms with Gasteiger partial charge < -0.3 is 15.6 Å². The number of hydrogen-bond donors (Lipinski definition) is 2. The van der Waals surface area contributed by atoms with Crippen LogP contribution in [0.3, 0.4) is 0 Å². The van der Waals surface area contributed by atoms with Crippen LogP contribution in [0.25, 0.3) is 10.6 Å². The Labute approximate surface area is 143 Å². The SMILES string of the molecule is Nc1onc(-c2ccc(Br)s2)c1C(=O)NCc1cccc(F)c1. The van der Waals surface area contributed by atoms with Crippen LogP contribution in [0.2, 0.25) is 0 Å². The molecule has 0 bridgehead atoms. The number of carbonyl (C=O) groups excluding carboxylic acids is 1. The highest BCUT2D eigenvalue weighted by atomic mass is 79.9. The molecule has 3 N–H and O–H groups in total. The lowest BCUT2D eigenvalue weighted by molar-refractivity contribution is 0.0952. The molecule has 0 aliphatic heterocycles. The first kappa shape index (κ1) is 15.7. The van der Waals surface area contributed by atoms with Gasteiger partial charge in [0.2, 0.25) is 5.88 Å². The van der Waals surface area contributed by atoms with E-state index in [9.17, 15) is 9.18 Å². The fraction of sp³-hybridized carbons (Fsp3) is 0.0667. The molecule has 2 heterocycles. The molecule has 0 fully saturated rings. The van der Waals surface area contributed by atoms with Gasteiger partial charge in [-0.05, 0) is 45.8 Å². The Morgan fingerprint density at radius 1 is 1.39 bits per heavy atom. The second-order valence-corrected chi connectivity index (χ2v) is 7.15. The Morgan fingerprint density at radius 2 is 2.22 bits per heavy atom. The number of hydrogen-bond acceptors (Lipinski definition) is 5. The number of nitrogen functional groups attached to an aromatic ring is 1. The Morgan fingerprint density at radius 3 is 2.91 bits per heavy atom. The fourth-order valence-electron chi connectivity index (χ4n) is 2.05. The van der Waals surface area contributed by atoms with Gasteiger partial charge in [-0.3, -0.25) is 4.79 Å². The van der Waals surface area contributed by atoms with E-state index in [0.29, 0.717) is 11.3 Å². The largest absolute Gasteiger partial charge is 0.367 e. The lowest BCUT2D eigenvalue weighted by Gasteiger charge is -2.05. The Hall–Kier alpha value is -2.19. The number of halogens is 2. The van der Waals surface area contributed by atoms with Gasteiger partial charge in [0, 0.05) is 6.54 Å². The summed E-state index contributed by atoms with van der Waals surface area (Å²) in [5.41, 5.74) is 6.93. The van der Waals surface area contributed by atoms with Crippen molar-refractivity contribution < 1.29 is 13.7 Å². The molecule has 0 saturated carbocycles. The van der Waals surface area contributed by atoms with Gasteiger partial charge in [0.15, 0.2) is 0 Å². The number of aromatic nitrogens is 1. The first-order valence-corrected chi connectivity index (χ1v) is 8.19. The summed E-state index contributed by atoms with van der Waals surface area (Å²) >= 11 is 4.77. The van der Waals surface area contributed by atoms with E-state index < -0.39 is 5.91 Å². The lowest BCUT2D eigenvalue weighted by atomic mass is 10.1. The monoisotopic (exact) mass is 395 g/mol. The minimum Gasteiger partial charge on any atom is -0.367 e. The van der Waals surface area contributed by atoms with Gasteiger partial charge in [-0.15, -0.1) is 11.3 Å². The quantitative estimate of drug-likeness (QED) is 0.703. The van der Waals surface area contributed by atoms with Crippen LogP contribution in [0.5, 0.6) is 0 Å². The van der Waals surface area contributed by atoms with Crippen molar-refractivity contribution in [3.63, 3.8) is 0 Å². The van der Waals surface area contributed by atoms with E-state index >= 15 is 0 Å². The highest BCUT2D eigenvalue weighted by Gasteiger charge is 2.23. The van der Waals surface area contributed by atoms with E-state index in [2.05, 4.69) is 26.4 Å². The van der Waals surface area contributed by atoms with Gasteiger partial charge in [-0.25, -0.2) is 4.39 Å². The molecule has 3 aromatic rings. The summed E-state index contributed by atoms with van der Waals surface area (Å²) in [6, 6.07) is 9.66. The normalized spacial score (nSPS) is 10.7. The topological polar surface area (TPSA) is 81.2 Å². The Bertz CT molecular complexity index is 862. The smallest absolute Gasteiger partial charge is 0.259 e. The molecule has 23 heavy (non-hydrogen) atoms. The summed E-state index contributed by atoms with van der Waals surface area (Å²) in [5.74, 6) is -0.834. The van der Waals surface area contributed by atoms with Gasteiger partial charge in [-0.2, -0.15) is 0 Å². The van der Waals surface area contributed by atoms with Crippen molar-refractivity contribution in [3.8, 4) is 10.6 Å². The van der Waals surface area contributed by atoms with Crippen molar-refractivity contribution >= 4 is 39.1 Å². The molecule has 0 atom stereocenters. The molecular weight excluding hydrogens is 385 g/mol.